The van der Waals surface area contributed by atoms with Gasteiger partial charge in [0.1, 0.15) is 0 Å². The Labute approximate surface area is 121 Å². The molecule has 3 heteroatoms. The van der Waals surface area contributed by atoms with Crippen LogP contribution in [0.4, 0.5) is 5.69 Å². The van der Waals surface area contributed by atoms with Crippen LogP contribution < -0.4 is 10.2 Å². The molecule has 0 atom stereocenters. The fraction of sp³-hybridized carbons (Fsp3) is 0.353. The first-order valence-corrected chi connectivity index (χ1v) is 7.11. The van der Waals surface area contributed by atoms with E-state index in [1.54, 1.807) is 0 Å². The highest BCUT2D eigenvalue weighted by molar-refractivity contribution is 5.46. The summed E-state index contributed by atoms with van der Waals surface area (Å²) in [6, 6.07) is 12.8. The van der Waals surface area contributed by atoms with Crippen LogP contribution in [0.1, 0.15) is 23.7 Å². The molecule has 0 aliphatic carbocycles. The van der Waals surface area contributed by atoms with Gasteiger partial charge in [0.05, 0.1) is 12.2 Å². The SMILES string of the molecule is CCNCc1ccc(CN(C)c2ccc(C)cc2)nc1. The zero-order valence-electron chi connectivity index (χ0n) is 12.6. The second kappa shape index (κ2) is 7.06. The average Bonchev–Trinajstić information content (AvgIpc) is 2.47. The van der Waals surface area contributed by atoms with Gasteiger partial charge in [0.15, 0.2) is 0 Å². The Morgan fingerprint density at radius 1 is 1.10 bits per heavy atom. The number of aryl methyl sites for hydroxylation is 1. The van der Waals surface area contributed by atoms with E-state index in [4.69, 9.17) is 0 Å². The molecule has 3 nitrogen and oxygen atoms in total. The second-order valence-electron chi connectivity index (χ2n) is 5.13. The lowest BCUT2D eigenvalue weighted by Crippen LogP contribution is -2.17. The van der Waals surface area contributed by atoms with Crippen LogP contribution in [0.25, 0.3) is 0 Å². The summed E-state index contributed by atoms with van der Waals surface area (Å²) in [5, 5.41) is 3.31. The quantitative estimate of drug-likeness (QED) is 0.873. The summed E-state index contributed by atoms with van der Waals surface area (Å²) in [5.41, 5.74) is 4.82. The third kappa shape index (κ3) is 4.07. The number of nitrogens with zero attached hydrogens (tertiary/aromatic N) is 2. The van der Waals surface area contributed by atoms with Crippen molar-refractivity contribution in [2.24, 2.45) is 0 Å². The van der Waals surface area contributed by atoms with E-state index in [0.717, 1.165) is 25.3 Å². The molecule has 0 bridgehead atoms. The Balaban J connectivity index is 1.97. The van der Waals surface area contributed by atoms with E-state index >= 15 is 0 Å². The Morgan fingerprint density at radius 3 is 2.45 bits per heavy atom. The minimum Gasteiger partial charge on any atom is -0.369 e. The molecule has 0 saturated carbocycles. The van der Waals surface area contributed by atoms with E-state index in [1.165, 1.54) is 16.8 Å². The molecule has 1 N–H and O–H groups in total. The minimum atomic E-state index is 0.824. The third-order valence-electron chi connectivity index (χ3n) is 3.34. The minimum absolute atomic E-state index is 0.824. The van der Waals surface area contributed by atoms with Crippen LogP contribution in [0.15, 0.2) is 42.6 Å². The van der Waals surface area contributed by atoms with Crippen LogP contribution >= 0.6 is 0 Å². The highest BCUT2D eigenvalue weighted by Crippen LogP contribution is 2.15. The molecule has 0 saturated heterocycles. The number of anilines is 1. The van der Waals surface area contributed by atoms with Crippen LogP contribution in [0, 0.1) is 6.92 Å². The standard InChI is InChI=1S/C17H23N3/c1-4-18-11-15-7-8-16(19-12-15)13-20(3)17-9-5-14(2)6-10-17/h5-10,12,18H,4,11,13H2,1-3H3. The Hall–Kier alpha value is -1.87. The fourth-order valence-electron chi connectivity index (χ4n) is 2.06. The zero-order valence-corrected chi connectivity index (χ0v) is 12.6. The van der Waals surface area contributed by atoms with Gasteiger partial charge < -0.3 is 10.2 Å². The molecule has 0 aliphatic rings. The van der Waals surface area contributed by atoms with Gasteiger partial charge in [0.25, 0.3) is 0 Å². The molecule has 1 heterocycles. The van der Waals surface area contributed by atoms with Crippen molar-refractivity contribution in [3.05, 3.63) is 59.4 Å². The van der Waals surface area contributed by atoms with Gasteiger partial charge in [-0.25, -0.2) is 0 Å². The van der Waals surface area contributed by atoms with Gasteiger partial charge in [-0.3, -0.25) is 4.98 Å². The van der Waals surface area contributed by atoms with Crippen molar-refractivity contribution >= 4 is 5.69 Å². The molecule has 0 spiro atoms. The smallest absolute Gasteiger partial charge is 0.0598 e. The first kappa shape index (κ1) is 14.5. The van der Waals surface area contributed by atoms with Crippen molar-refractivity contribution in [1.29, 1.82) is 0 Å². The van der Waals surface area contributed by atoms with Crippen molar-refractivity contribution in [3.63, 3.8) is 0 Å². The van der Waals surface area contributed by atoms with Gasteiger partial charge >= 0.3 is 0 Å². The zero-order chi connectivity index (χ0) is 14.4. The lowest BCUT2D eigenvalue weighted by atomic mass is 10.2. The number of aromatic nitrogens is 1. The van der Waals surface area contributed by atoms with E-state index in [1.807, 2.05) is 6.20 Å². The van der Waals surface area contributed by atoms with Crippen LogP contribution in [-0.4, -0.2) is 18.6 Å². The van der Waals surface area contributed by atoms with E-state index < -0.39 is 0 Å². The van der Waals surface area contributed by atoms with Gasteiger partial charge in [0.2, 0.25) is 0 Å². The Kier molecular flexibility index (Phi) is 5.13. The number of hydrogen-bond donors (Lipinski definition) is 1. The maximum absolute atomic E-state index is 4.53. The molecule has 2 aromatic rings. The van der Waals surface area contributed by atoms with Crippen molar-refractivity contribution < 1.29 is 0 Å². The van der Waals surface area contributed by atoms with Crippen molar-refractivity contribution in [1.82, 2.24) is 10.3 Å². The number of rotatable bonds is 6. The predicted octanol–water partition coefficient (Wildman–Crippen LogP) is 3.14. The summed E-state index contributed by atoms with van der Waals surface area (Å²) in [6.45, 7) is 6.91. The molecule has 2 rings (SSSR count). The fourth-order valence-corrected chi connectivity index (χ4v) is 2.06. The summed E-state index contributed by atoms with van der Waals surface area (Å²) < 4.78 is 0. The monoisotopic (exact) mass is 269 g/mol. The van der Waals surface area contributed by atoms with E-state index in [2.05, 4.69) is 72.5 Å². The lowest BCUT2D eigenvalue weighted by Gasteiger charge is -2.19. The van der Waals surface area contributed by atoms with E-state index in [-0.39, 0.29) is 0 Å². The summed E-state index contributed by atoms with van der Waals surface area (Å²) in [5.74, 6) is 0. The maximum Gasteiger partial charge on any atom is 0.0598 e. The summed E-state index contributed by atoms with van der Waals surface area (Å²) in [6.07, 6.45) is 1.96. The molecule has 0 fully saturated rings. The number of hydrogen-bond acceptors (Lipinski definition) is 3. The molecule has 0 unspecified atom stereocenters. The van der Waals surface area contributed by atoms with Crippen LogP contribution in [0.5, 0.6) is 0 Å². The van der Waals surface area contributed by atoms with Crippen molar-refractivity contribution in [2.75, 3.05) is 18.5 Å². The van der Waals surface area contributed by atoms with Gasteiger partial charge in [0, 0.05) is 25.5 Å². The molecule has 1 aromatic carbocycles. The number of benzene rings is 1. The molecule has 1 aromatic heterocycles. The molecular formula is C17H23N3. The van der Waals surface area contributed by atoms with Gasteiger partial charge in [-0.05, 0) is 37.2 Å². The molecular weight excluding hydrogens is 246 g/mol. The molecule has 0 amide bonds. The van der Waals surface area contributed by atoms with Crippen LogP contribution in [-0.2, 0) is 13.1 Å². The Bertz CT molecular complexity index is 517. The van der Waals surface area contributed by atoms with Crippen LogP contribution in [0.3, 0.4) is 0 Å². The Morgan fingerprint density at radius 2 is 1.85 bits per heavy atom. The van der Waals surface area contributed by atoms with Crippen LogP contribution in [0.2, 0.25) is 0 Å². The number of pyridine rings is 1. The average molecular weight is 269 g/mol. The lowest BCUT2D eigenvalue weighted by molar-refractivity contribution is 0.722. The first-order valence-electron chi connectivity index (χ1n) is 7.11. The van der Waals surface area contributed by atoms with Gasteiger partial charge in [-0.1, -0.05) is 30.7 Å². The largest absolute Gasteiger partial charge is 0.369 e. The summed E-state index contributed by atoms with van der Waals surface area (Å²) in [7, 11) is 2.10. The molecule has 20 heavy (non-hydrogen) atoms. The second-order valence-corrected chi connectivity index (χ2v) is 5.13. The van der Waals surface area contributed by atoms with E-state index in [9.17, 15) is 0 Å². The van der Waals surface area contributed by atoms with E-state index in [0.29, 0.717) is 0 Å². The summed E-state index contributed by atoms with van der Waals surface area (Å²) >= 11 is 0. The summed E-state index contributed by atoms with van der Waals surface area (Å²) in [4.78, 5) is 6.75. The number of nitrogens with one attached hydrogen (secondary N) is 1. The highest BCUT2D eigenvalue weighted by Gasteiger charge is 2.03. The first-order chi connectivity index (χ1) is 9.69. The molecule has 106 valence electrons. The van der Waals surface area contributed by atoms with Gasteiger partial charge in [-0.15, -0.1) is 0 Å². The van der Waals surface area contributed by atoms with Crippen molar-refractivity contribution in [3.8, 4) is 0 Å². The third-order valence-corrected chi connectivity index (χ3v) is 3.34. The maximum atomic E-state index is 4.53. The normalized spacial score (nSPS) is 10.6. The molecule has 0 radical (unpaired) electrons. The highest BCUT2D eigenvalue weighted by atomic mass is 15.1. The molecule has 0 aliphatic heterocycles. The van der Waals surface area contributed by atoms with Crippen molar-refractivity contribution in [2.45, 2.75) is 26.9 Å². The topological polar surface area (TPSA) is 28.2 Å². The predicted molar refractivity (Wildman–Crippen MR) is 84.9 cm³/mol. The van der Waals surface area contributed by atoms with Gasteiger partial charge in [-0.2, -0.15) is 0 Å².